The highest BCUT2D eigenvalue weighted by molar-refractivity contribution is 5.45. The van der Waals surface area contributed by atoms with Crippen LogP contribution < -0.4 is 9.47 Å². The van der Waals surface area contributed by atoms with Crippen molar-refractivity contribution >= 4 is 0 Å². The molecule has 0 bridgehead atoms. The van der Waals surface area contributed by atoms with E-state index in [1.165, 1.54) is 12.8 Å². The Morgan fingerprint density at radius 2 is 1.77 bits per heavy atom. The number of hydrogen-bond acceptors (Lipinski definition) is 3. The maximum absolute atomic E-state index is 13.0. The van der Waals surface area contributed by atoms with Crippen LogP contribution in [0.2, 0.25) is 0 Å². The quantitative estimate of drug-likeness (QED) is 0.814. The van der Waals surface area contributed by atoms with E-state index in [1.54, 1.807) is 12.1 Å². The largest absolute Gasteiger partial charge is 0.586 e. The second-order valence-corrected chi connectivity index (χ2v) is 7.37. The van der Waals surface area contributed by atoms with Crippen LogP contribution in [0.3, 0.4) is 0 Å². The summed E-state index contributed by atoms with van der Waals surface area (Å²) in [4.78, 5) is 2.37. The molecule has 0 amide bonds. The van der Waals surface area contributed by atoms with Crippen molar-refractivity contribution in [2.24, 2.45) is 11.3 Å². The van der Waals surface area contributed by atoms with Crippen molar-refractivity contribution in [3.05, 3.63) is 23.8 Å². The van der Waals surface area contributed by atoms with Crippen LogP contribution in [0.25, 0.3) is 0 Å². The number of hydrogen-bond donors (Lipinski definition) is 0. The van der Waals surface area contributed by atoms with Crippen LogP contribution in [0.15, 0.2) is 18.2 Å². The minimum atomic E-state index is -3.54. The van der Waals surface area contributed by atoms with Gasteiger partial charge < -0.3 is 9.47 Å². The fraction of sp³-hybridized carbons (Fsp3) is 0.647. The van der Waals surface area contributed by atoms with Crippen molar-refractivity contribution in [2.45, 2.75) is 46.5 Å². The molecule has 22 heavy (non-hydrogen) atoms. The van der Waals surface area contributed by atoms with Crippen LogP contribution in [-0.2, 0) is 6.54 Å². The smallest absolute Gasteiger partial charge is 0.395 e. The molecule has 1 aromatic carbocycles. The Labute approximate surface area is 130 Å². The van der Waals surface area contributed by atoms with Gasteiger partial charge >= 0.3 is 6.29 Å². The minimum Gasteiger partial charge on any atom is -0.395 e. The van der Waals surface area contributed by atoms with Gasteiger partial charge in [-0.3, -0.25) is 4.90 Å². The summed E-state index contributed by atoms with van der Waals surface area (Å²) < 4.78 is 35.0. The second kappa shape index (κ2) is 5.37. The first-order valence-electron chi connectivity index (χ1n) is 7.84. The summed E-state index contributed by atoms with van der Waals surface area (Å²) in [5, 5.41) is 0. The number of benzene rings is 1. The molecule has 0 unspecified atom stereocenters. The maximum atomic E-state index is 13.0. The zero-order valence-corrected chi connectivity index (χ0v) is 13.4. The van der Waals surface area contributed by atoms with E-state index < -0.39 is 6.29 Å². The van der Waals surface area contributed by atoms with Crippen molar-refractivity contribution in [2.75, 3.05) is 13.1 Å². The zero-order valence-electron chi connectivity index (χ0n) is 13.4. The van der Waals surface area contributed by atoms with Crippen LogP contribution in [0.4, 0.5) is 8.78 Å². The van der Waals surface area contributed by atoms with Gasteiger partial charge in [0, 0.05) is 6.54 Å². The van der Waals surface area contributed by atoms with Crippen LogP contribution in [0.5, 0.6) is 11.5 Å². The van der Waals surface area contributed by atoms with E-state index in [0.717, 1.165) is 31.1 Å². The monoisotopic (exact) mass is 311 g/mol. The molecule has 0 saturated carbocycles. The van der Waals surface area contributed by atoms with Crippen molar-refractivity contribution in [3.8, 4) is 11.5 Å². The highest BCUT2D eigenvalue weighted by atomic mass is 19.3. The molecule has 1 aromatic rings. The molecular formula is C17H23F2NO2. The lowest BCUT2D eigenvalue weighted by Crippen LogP contribution is -2.37. The summed E-state index contributed by atoms with van der Waals surface area (Å²) in [6, 6.07) is 5.05. The molecule has 3 rings (SSSR count). The molecule has 2 aliphatic rings. The van der Waals surface area contributed by atoms with Crippen LogP contribution in [-0.4, -0.2) is 24.3 Å². The predicted octanol–water partition coefficient (Wildman–Crippen LogP) is 4.27. The van der Waals surface area contributed by atoms with Gasteiger partial charge in [0.1, 0.15) is 0 Å². The highest BCUT2D eigenvalue weighted by Crippen LogP contribution is 2.41. The minimum absolute atomic E-state index is 0.111. The van der Waals surface area contributed by atoms with Gasteiger partial charge in [0.05, 0.1) is 0 Å². The van der Waals surface area contributed by atoms with E-state index in [0.29, 0.717) is 5.41 Å². The molecule has 5 heteroatoms. The first kappa shape index (κ1) is 15.5. The summed E-state index contributed by atoms with van der Waals surface area (Å²) in [6.45, 7) is 9.75. The molecule has 0 radical (unpaired) electrons. The molecular weight excluding hydrogens is 288 g/mol. The molecule has 0 atom stereocenters. The Morgan fingerprint density at radius 3 is 2.41 bits per heavy atom. The average molecular weight is 311 g/mol. The topological polar surface area (TPSA) is 21.7 Å². The Balaban J connectivity index is 1.60. The maximum Gasteiger partial charge on any atom is 0.586 e. The number of fused-ring (bicyclic) bond motifs is 1. The van der Waals surface area contributed by atoms with Crippen molar-refractivity contribution in [3.63, 3.8) is 0 Å². The lowest BCUT2D eigenvalue weighted by Gasteiger charge is -2.38. The average Bonchev–Trinajstić information content (AvgIpc) is 2.71. The van der Waals surface area contributed by atoms with E-state index in [2.05, 4.69) is 35.1 Å². The molecule has 2 aliphatic heterocycles. The molecule has 3 nitrogen and oxygen atoms in total. The van der Waals surface area contributed by atoms with E-state index in [1.807, 2.05) is 6.07 Å². The zero-order chi connectivity index (χ0) is 16.0. The number of halogens is 2. The fourth-order valence-corrected chi connectivity index (χ4v) is 3.31. The fourth-order valence-electron chi connectivity index (χ4n) is 3.31. The number of piperidine rings is 1. The molecule has 0 aromatic heterocycles. The lowest BCUT2D eigenvalue weighted by molar-refractivity contribution is -0.286. The van der Waals surface area contributed by atoms with Crippen LogP contribution in [0.1, 0.15) is 39.2 Å². The highest BCUT2D eigenvalue weighted by Gasteiger charge is 2.43. The van der Waals surface area contributed by atoms with Gasteiger partial charge in [0.15, 0.2) is 11.5 Å². The van der Waals surface area contributed by atoms with Crippen LogP contribution >= 0.6 is 0 Å². The van der Waals surface area contributed by atoms with E-state index in [4.69, 9.17) is 0 Å². The van der Waals surface area contributed by atoms with E-state index >= 15 is 0 Å². The number of nitrogens with zero attached hydrogens (tertiary/aromatic N) is 1. The molecule has 0 aliphatic carbocycles. The number of rotatable bonds is 2. The summed E-state index contributed by atoms with van der Waals surface area (Å²) in [5.41, 5.74) is 1.34. The number of alkyl halides is 2. The number of ether oxygens (including phenoxy) is 2. The molecule has 122 valence electrons. The molecule has 1 fully saturated rings. The Hall–Kier alpha value is -1.36. The summed E-state index contributed by atoms with van der Waals surface area (Å²) in [5.74, 6) is 0.992. The standard InChI is InChI=1S/C17H23F2NO2/c1-16(2,3)13-6-8-20(9-7-13)11-12-4-5-14-15(10-12)22-17(18,19)21-14/h4-5,10,13H,6-9,11H2,1-3H3. The van der Waals surface area contributed by atoms with Crippen molar-refractivity contribution < 1.29 is 18.3 Å². The third-order valence-corrected chi connectivity index (χ3v) is 4.68. The Bertz CT molecular complexity index is 546. The molecule has 2 heterocycles. The lowest BCUT2D eigenvalue weighted by atomic mass is 9.75. The first-order chi connectivity index (χ1) is 10.2. The van der Waals surface area contributed by atoms with Gasteiger partial charge in [0.25, 0.3) is 0 Å². The van der Waals surface area contributed by atoms with Gasteiger partial charge in [-0.1, -0.05) is 26.8 Å². The first-order valence-corrected chi connectivity index (χ1v) is 7.84. The van der Waals surface area contributed by atoms with Gasteiger partial charge in [-0.15, -0.1) is 8.78 Å². The Morgan fingerprint density at radius 1 is 1.14 bits per heavy atom. The van der Waals surface area contributed by atoms with E-state index in [9.17, 15) is 8.78 Å². The van der Waals surface area contributed by atoms with Gasteiger partial charge in [0.2, 0.25) is 0 Å². The second-order valence-electron chi connectivity index (χ2n) is 7.37. The Kier molecular flexibility index (Phi) is 3.79. The third kappa shape index (κ3) is 3.35. The molecule has 0 spiro atoms. The summed E-state index contributed by atoms with van der Waals surface area (Å²) in [7, 11) is 0. The number of likely N-dealkylation sites (tertiary alicyclic amines) is 1. The van der Waals surface area contributed by atoms with E-state index in [-0.39, 0.29) is 11.5 Å². The van der Waals surface area contributed by atoms with Gasteiger partial charge in [-0.2, -0.15) is 0 Å². The SMILES string of the molecule is CC(C)(C)C1CCN(Cc2ccc3c(c2)OC(F)(F)O3)CC1. The van der Waals surface area contributed by atoms with Crippen molar-refractivity contribution in [1.29, 1.82) is 0 Å². The molecule has 0 N–H and O–H groups in total. The summed E-state index contributed by atoms with van der Waals surface area (Å²) in [6.07, 6.45) is -1.16. The van der Waals surface area contributed by atoms with Crippen LogP contribution in [0, 0.1) is 11.3 Å². The van der Waals surface area contributed by atoms with Gasteiger partial charge in [-0.05, 0) is 55.0 Å². The summed E-state index contributed by atoms with van der Waals surface area (Å²) >= 11 is 0. The molecule has 1 saturated heterocycles. The van der Waals surface area contributed by atoms with Crippen molar-refractivity contribution in [1.82, 2.24) is 4.90 Å². The third-order valence-electron chi connectivity index (χ3n) is 4.68. The normalized spacial score (nSPS) is 22.0. The predicted molar refractivity (Wildman–Crippen MR) is 80.1 cm³/mol. The van der Waals surface area contributed by atoms with Gasteiger partial charge in [-0.25, -0.2) is 0 Å².